The minimum absolute atomic E-state index is 0.148. The van der Waals surface area contributed by atoms with Crippen molar-refractivity contribution in [1.29, 1.82) is 0 Å². The maximum Gasteiger partial charge on any atom is 0.490 e. The summed E-state index contributed by atoms with van der Waals surface area (Å²) in [6, 6.07) is 0.251. The van der Waals surface area contributed by atoms with Gasteiger partial charge in [0.05, 0.1) is 11.7 Å². The van der Waals surface area contributed by atoms with Crippen molar-refractivity contribution < 1.29 is 55.3 Å². The number of carboxylic acids is 2. The van der Waals surface area contributed by atoms with Gasteiger partial charge in [-0.1, -0.05) is 0 Å². The van der Waals surface area contributed by atoms with Crippen molar-refractivity contribution in [1.82, 2.24) is 19.9 Å². The third-order valence-corrected chi connectivity index (χ3v) is 5.19. The monoisotopic (exact) mass is 516 g/mol. The lowest BCUT2D eigenvalue weighted by Crippen LogP contribution is -2.43. The number of aliphatic carboxylic acids is 2. The number of carboxylic acid groups (broad SMARTS) is 2. The van der Waals surface area contributed by atoms with Crippen LogP contribution in [0.25, 0.3) is 10.9 Å². The summed E-state index contributed by atoms with van der Waals surface area (Å²) in [7, 11) is 0. The fourth-order valence-electron chi connectivity index (χ4n) is 3.63. The molecule has 35 heavy (non-hydrogen) atoms. The Balaban J connectivity index is 0.000000257. The van der Waals surface area contributed by atoms with E-state index in [2.05, 4.69) is 19.9 Å². The highest BCUT2D eigenvalue weighted by Crippen LogP contribution is 2.38. The van der Waals surface area contributed by atoms with Crippen LogP contribution in [0.1, 0.15) is 25.7 Å². The Labute approximate surface area is 192 Å². The van der Waals surface area contributed by atoms with Gasteiger partial charge in [-0.15, -0.1) is 0 Å². The van der Waals surface area contributed by atoms with Gasteiger partial charge in [-0.05, 0) is 38.8 Å². The number of ether oxygens (including phenoxy) is 1. The highest BCUT2D eigenvalue weighted by Gasteiger charge is 2.45. The van der Waals surface area contributed by atoms with Crippen LogP contribution in [0, 0.1) is 5.82 Å². The standard InChI is InChI=1S/C15H17FN4O.2C2HF3O2/c16-12-9-17-7-11-8-18-14(19-13(11)12)21-10-15-3-1-5-20(15)6-2-4-15;2*3-2(4,5)1(6)7/h7-9H,1-6,10H2;2*(H,6,7). The zero-order valence-corrected chi connectivity index (χ0v) is 17.7. The zero-order valence-electron chi connectivity index (χ0n) is 17.7. The van der Waals surface area contributed by atoms with Gasteiger partial charge in [0.2, 0.25) is 0 Å². The number of rotatable bonds is 3. The van der Waals surface area contributed by atoms with Crippen LogP contribution < -0.4 is 4.74 Å². The second-order valence-corrected chi connectivity index (χ2v) is 7.52. The van der Waals surface area contributed by atoms with Crippen LogP contribution in [0.4, 0.5) is 30.7 Å². The van der Waals surface area contributed by atoms with Gasteiger partial charge >= 0.3 is 30.3 Å². The Bertz CT molecular complexity index is 1010. The number of pyridine rings is 1. The van der Waals surface area contributed by atoms with E-state index in [0.717, 1.165) is 19.3 Å². The van der Waals surface area contributed by atoms with E-state index in [9.17, 15) is 30.7 Å². The van der Waals surface area contributed by atoms with Crippen molar-refractivity contribution >= 4 is 22.8 Å². The largest absolute Gasteiger partial charge is 0.490 e. The minimum atomic E-state index is -5.08. The van der Waals surface area contributed by atoms with Crippen molar-refractivity contribution in [3.05, 3.63) is 24.4 Å². The van der Waals surface area contributed by atoms with Gasteiger partial charge in [0.15, 0.2) is 5.82 Å². The van der Waals surface area contributed by atoms with E-state index in [-0.39, 0.29) is 17.1 Å². The summed E-state index contributed by atoms with van der Waals surface area (Å²) in [4.78, 5) is 32.4. The highest BCUT2D eigenvalue weighted by atomic mass is 19.4. The van der Waals surface area contributed by atoms with Crippen LogP contribution in [0.3, 0.4) is 0 Å². The van der Waals surface area contributed by atoms with Gasteiger partial charge in [0.1, 0.15) is 12.1 Å². The molecule has 194 valence electrons. The Morgan fingerprint density at radius 1 is 0.971 bits per heavy atom. The number of nitrogens with zero attached hydrogens (tertiary/aromatic N) is 4. The number of carbonyl (C=O) groups is 2. The van der Waals surface area contributed by atoms with Gasteiger partial charge in [0, 0.05) is 17.8 Å². The maximum atomic E-state index is 13.7. The van der Waals surface area contributed by atoms with E-state index in [4.69, 9.17) is 24.5 Å². The van der Waals surface area contributed by atoms with Gasteiger partial charge in [-0.2, -0.15) is 31.3 Å². The molecular formula is C19H19F7N4O5. The molecule has 0 aliphatic carbocycles. The molecule has 16 heteroatoms. The molecule has 0 bridgehead atoms. The van der Waals surface area contributed by atoms with Crippen molar-refractivity contribution in [3.8, 4) is 6.01 Å². The lowest BCUT2D eigenvalue weighted by Gasteiger charge is -2.31. The molecule has 2 fully saturated rings. The van der Waals surface area contributed by atoms with Crippen molar-refractivity contribution in [2.45, 2.75) is 43.6 Å². The first-order valence-corrected chi connectivity index (χ1v) is 9.90. The number of fused-ring (bicyclic) bond motifs is 2. The molecule has 0 spiro atoms. The number of aromatic nitrogens is 3. The van der Waals surface area contributed by atoms with Crippen LogP contribution in [0.15, 0.2) is 18.6 Å². The highest BCUT2D eigenvalue weighted by molar-refractivity contribution is 5.77. The van der Waals surface area contributed by atoms with E-state index >= 15 is 0 Å². The molecule has 4 heterocycles. The van der Waals surface area contributed by atoms with Crippen molar-refractivity contribution in [2.24, 2.45) is 0 Å². The van der Waals surface area contributed by atoms with Gasteiger partial charge in [-0.3, -0.25) is 9.88 Å². The van der Waals surface area contributed by atoms with E-state index in [0.29, 0.717) is 12.0 Å². The average molecular weight is 516 g/mol. The molecule has 0 atom stereocenters. The Morgan fingerprint density at radius 3 is 1.97 bits per heavy atom. The Kier molecular flexibility index (Phi) is 8.75. The number of hydrogen-bond donors (Lipinski definition) is 2. The summed E-state index contributed by atoms with van der Waals surface area (Å²) < 4.78 is 83.0. The van der Waals surface area contributed by atoms with Gasteiger partial charge in [-0.25, -0.2) is 19.0 Å². The van der Waals surface area contributed by atoms with Crippen LogP contribution >= 0.6 is 0 Å². The molecule has 2 aromatic heterocycles. The van der Waals surface area contributed by atoms with E-state index in [1.54, 1.807) is 12.4 Å². The number of hydrogen-bond acceptors (Lipinski definition) is 7. The SMILES string of the molecule is Fc1cncc2cnc(OCC34CCCN3CCC4)nc12.O=C(O)C(F)(F)F.O=C(O)C(F)(F)F. The van der Waals surface area contributed by atoms with Crippen LogP contribution in [-0.2, 0) is 9.59 Å². The molecule has 0 unspecified atom stereocenters. The molecule has 0 amide bonds. The number of halogens is 7. The van der Waals surface area contributed by atoms with Crippen molar-refractivity contribution in [2.75, 3.05) is 19.7 Å². The van der Waals surface area contributed by atoms with E-state index in [1.165, 1.54) is 25.7 Å². The topological polar surface area (TPSA) is 126 Å². The molecular weight excluding hydrogens is 497 g/mol. The quantitative estimate of drug-likeness (QED) is 0.590. The summed E-state index contributed by atoms with van der Waals surface area (Å²) in [5.74, 6) is -5.96. The first kappa shape index (κ1) is 27.9. The summed E-state index contributed by atoms with van der Waals surface area (Å²) in [5.41, 5.74) is 0.414. The molecule has 2 aromatic rings. The third-order valence-electron chi connectivity index (χ3n) is 5.19. The predicted octanol–water partition coefficient (Wildman–Crippen LogP) is 3.44. The molecule has 2 saturated heterocycles. The molecule has 0 saturated carbocycles. The van der Waals surface area contributed by atoms with Gasteiger partial charge < -0.3 is 14.9 Å². The Hall–Kier alpha value is -3.30. The lowest BCUT2D eigenvalue weighted by molar-refractivity contribution is -0.193. The summed E-state index contributed by atoms with van der Waals surface area (Å²) in [6.07, 6.45) is -1.11. The molecule has 0 radical (unpaired) electrons. The predicted molar refractivity (Wildman–Crippen MR) is 103 cm³/mol. The zero-order chi connectivity index (χ0) is 26.4. The molecule has 2 N–H and O–H groups in total. The molecule has 0 aromatic carbocycles. The number of alkyl halides is 6. The Morgan fingerprint density at radius 2 is 1.49 bits per heavy atom. The molecule has 2 aliphatic rings. The van der Waals surface area contributed by atoms with E-state index in [1.807, 2.05) is 0 Å². The average Bonchev–Trinajstić information content (AvgIpc) is 3.32. The first-order valence-electron chi connectivity index (χ1n) is 9.90. The van der Waals surface area contributed by atoms with Crippen LogP contribution in [0.2, 0.25) is 0 Å². The fourth-order valence-corrected chi connectivity index (χ4v) is 3.63. The second kappa shape index (κ2) is 11.0. The normalized spacial score (nSPS) is 17.0. The molecule has 9 nitrogen and oxygen atoms in total. The lowest BCUT2D eigenvalue weighted by atomic mass is 9.95. The summed E-state index contributed by atoms with van der Waals surface area (Å²) in [6.45, 7) is 2.90. The fraction of sp³-hybridized carbons (Fsp3) is 0.526. The summed E-state index contributed by atoms with van der Waals surface area (Å²) in [5, 5.41) is 14.8. The second-order valence-electron chi connectivity index (χ2n) is 7.52. The van der Waals surface area contributed by atoms with Gasteiger partial charge in [0.25, 0.3) is 0 Å². The van der Waals surface area contributed by atoms with Crippen molar-refractivity contribution in [3.63, 3.8) is 0 Å². The van der Waals surface area contributed by atoms with E-state index < -0.39 is 30.1 Å². The third kappa shape index (κ3) is 7.60. The molecule has 4 rings (SSSR count). The van der Waals surface area contributed by atoms with Crippen LogP contribution in [0.5, 0.6) is 6.01 Å². The first-order chi connectivity index (χ1) is 16.2. The minimum Gasteiger partial charge on any atom is -0.475 e. The smallest absolute Gasteiger partial charge is 0.475 e. The summed E-state index contributed by atoms with van der Waals surface area (Å²) >= 11 is 0. The van der Waals surface area contributed by atoms with Crippen LogP contribution in [-0.4, -0.2) is 79.6 Å². The maximum absolute atomic E-state index is 13.7. The molecule has 2 aliphatic heterocycles.